The van der Waals surface area contributed by atoms with Crippen LogP contribution in [0.15, 0.2) is 0 Å². The van der Waals surface area contributed by atoms with Crippen molar-refractivity contribution in [2.45, 2.75) is 117 Å². The Morgan fingerprint density at radius 2 is 0.840 bits per heavy atom. The Kier molecular flexibility index (Phi) is 23.7. The zero-order valence-electron chi connectivity index (χ0n) is 18.1. The summed E-state index contributed by atoms with van der Waals surface area (Å²) in [4.78, 5) is 0. The highest BCUT2D eigenvalue weighted by Gasteiger charge is 2.07. The average Bonchev–Trinajstić information content (AvgIpc) is 2.63. The van der Waals surface area contributed by atoms with Gasteiger partial charge in [0, 0.05) is 0 Å². The highest BCUT2D eigenvalue weighted by molar-refractivity contribution is 7.57. The van der Waals surface area contributed by atoms with Gasteiger partial charge in [-0.05, 0) is 56.5 Å². The minimum atomic E-state index is 0.370. The third kappa shape index (κ3) is 21.0. The second-order valence-corrected chi connectivity index (χ2v) is 12.0. The first kappa shape index (κ1) is 25.9. The van der Waals surface area contributed by atoms with Crippen LogP contribution in [0.2, 0.25) is 0 Å². The molecule has 0 N–H and O–H groups in total. The van der Waals surface area contributed by atoms with E-state index in [9.17, 15) is 0 Å². The van der Waals surface area contributed by atoms with Gasteiger partial charge in [0.1, 0.15) is 0 Å². The van der Waals surface area contributed by atoms with Gasteiger partial charge in [0.05, 0.1) is 0 Å². The molecule has 0 aromatic carbocycles. The molecule has 0 fully saturated rings. The normalized spacial score (nSPS) is 12.0. The van der Waals surface area contributed by atoms with Crippen LogP contribution in [0.4, 0.5) is 0 Å². The summed E-state index contributed by atoms with van der Waals surface area (Å²) in [6.07, 6.45) is 29.9. The Morgan fingerprint density at radius 3 is 1.36 bits per heavy atom. The van der Waals surface area contributed by atoms with Crippen molar-refractivity contribution in [1.82, 2.24) is 0 Å². The summed E-state index contributed by atoms with van der Waals surface area (Å²) in [5.74, 6) is 0. The number of hydrogen-bond acceptors (Lipinski definition) is 0. The zero-order valence-corrected chi connectivity index (χ0v) is 20.0. The molecule has 0 aliphatic heterocycles. The molecule has 152 valence electrons. The van der Waals surface area contributed by atoms with Crippen LogP contribution in [-0.4, -0.2) is 30.8 Å². The molecule has 0 rings (SSSR count). The topological polar surface area (TPSA) is 0 Å². The fourth-order valence-electron chi connectivity index (χ4n) is 3.42. The fourth-order valence-corrected chi connectivity index (χ4v) is 7.62. The average molecular weight is 389 g/mol. The van der Waals surface area contributed by atoms with Gasteiger partial charge in [-0.3, -0.25) is 0 Å². The fraction of sp³-hybridized carbons (Fsp3) is 1.00. The van der Waals surface area contributed by atoms with Crippen LogP contribution in [0.25, 0.3) is 0 Å². The van der Waals surface area contributed by atoms with Crippen LogP contribution in [0, 0.1) is 0 Å². The quantitative estimate of drug-likeness (QED) is 0.136. The molecule has 0 saturated carbocycles. The Bertz CT molecular complexity index is 192. The highest BCUT2D eigenvalue weighted by Crippen LogP contribution is 2.39. The maximum absolute atomic E-state index is 2.32. The van der Waals surface area contributed by atoms with Gasteiger partial charge < -0.3 is 0 Å². The maximum atomic E-state index is 2.32. The molecular formula is C23H50P2. The lowest BCUT2D eigenvalue weighted by Crippen LogP contribution is -1.98. The highest BCUT2D eigenvalue weighted by atomic mass is 31.1. The lowest BCUT2D eigenvalue weighted by Gasteiger charge is -2.18. The van der Waals surface area contributed by atoms with Crippen molar-refractivity contribution in [3.05, 3.63) is 0 Å². The SMILES string of the molecule is CCCCCCCCP(CCCCCCCC)CCCPCCCC. The van der Waals surface area contributed by atoms with Gasteiger partial charge >= 0.3 is 0 Å². The first-order valence-corrected chi connectivity index (χ1v) is 15.1. The van der Waals surface area contributed by atoms with E-state index < -0.39 is 0 Å². The largest absolute Gasteiger partial charge is 0.122 e. The number of rotatable bonds is 21. The van der Waals surface area contributed by atoms with Crippen molar-refractivity contribution in [3.63, 3.8) is 0 Å². The van der Waals surface area contributed by atoms with Crippen molar-refractivity contribution < 1.29 is 0 Å². The summed E-state index contributed by atoms with van der Waals surface area (Å²) in [6.45, 7) is 6.96. The second kappa shape index (κ2) is 22.9. The van der Waals surface area contributed by atoms with Gasteiger partial charge in [-0.1, -0.05) is 91.4 Å². The molecule has 1 atom stereocenters. The second-order valence-electron chi connectivity index (χ2n) is 7.83. The molecule has 2 heteroatoms. The van der Waals surface area contributed by atoms with Gasteiger partial charge in [0.15, 0.2) is 0 Å². The monoisotopic (exact) mass is 388 g/mol. The smallest absolute Gasteiger partial charge is 0.0323 e. The van der Waals surface area contributed by atoms with Crippen molar-refractivity contribution in [1.29, 1.82) is 0 Å². The molecule has 0 aromatic rings. The molecule has 0 spiro atoms. The van der Waals surface area contributed by atoms with Gasteiger partial charge in [-0.2, -0.15) is 0 Å². The molecular weight excluding hydrogens is 338 g/mol. The molecule has 0 saturated heterocycles. The summed E-state index contributed by atoms with van der Waals surface area (Å²) < 4.78 is 0. The van der Waals surface area contributed by atoms with Crippen molar-refractivity contribution in [2.75, 3.05) is 30.8 Å². The minimum absolute atomic E-state index is 0.370. The van der Waals surface area contributed by atoms with Crippen LogP contribution in [0.1, 0.15) is 117 Å². The standard InChI is InChI=1S/C23H50P2/c1-4-7-10-12-14-16-21-25(22-17-15-13-11-8-5-2)23-18-20-24-19-9-6-3/h24H,4-23H2,1-3H3. The van der Waals surface area contributed by atoms with Crippen molar-refractivity contribution in [3.8, 4) is 0 Å². The maximum Gasteiger partial charge on any atom is -0.0323 e. The van der Waals surface area contributed by atoms with E-state index in [1.54, 1.807) is 24.9 Å². The Hall–Kier alpha value is 0.860. The van der Waals surface area contributed by atoms with Gasteiger partial charge in [-0.25, -0.2) is 0 Å². The van der Waals surface area contributed by atoms with Crippen LogP contribution in [-0.2, 0) is 0 Å². The summed E-state index contributed by atoms with van der Waals surface area (Å²) in [5, 5.41) is 0. The summed E-state index contributed by atoms with van der Waals surface area (Å²) in [5.41, 5.74) is 0. The number of hydrogen-bond donors (Lipinski definition) is 0. The predicted octanol–water partition coefficient (Wildman–Crippen LogP) is 9.06. The molecule has 1 unspecified atom stereocenters. The van der Waals surface area contributed by atoms with E-state index in [0.29, 0.717) is 7.92 Å². The zero-order chi connectivity index (χ0) is 18.4. The van der Waals surface area contributed by atoms with Gasteiger partial charge in [0.2, 0.25) is 0 Å². The molecule has 0 aliphatic rings. The van der Waals surface area contributed by atoms with Crippen LogP contribution < -0.4 is 0 Å². The Morgan fingerprint density at radius 1 is 0.440 bits per heavy atom. The predicted molar refractivity (Wildman–Crippen MR) is 126 cm³/mol. The van der Waals surface area contributed by atoms with E-state index in [0.717, 1.165) is 0 Å². The molecule has 0 aromatic heterocycles. The minimum Gasteiger partial charge on any atom is -0.122 e. The first-order chi connectivity index (χ1) is 12.3. The van der Waals surface area contributed by atoms with E-state index in [4.69, 9.17) is 0 Å². The third-order valence-corrected chi connectivity index (χ3v) is 9.45. The van der Waals surface area contributed by atoms with Crippen molar-refractivity contribution in [2.24, 2.45) is 0 Å². The van der Waals surface area contributed by atoms with E-state index >= 15 is 0 Å². The lowest BCUT2D eigenvalue weighted by atomic mass is 10.1. The molecule has 0 bridgehead atoms. The molecule has 25 heavy (non-hydrogen) atoms. The van der Waals surface area contributed by atoms with Crippen LogP contribution >= 0.6 is 16.5 Å². The molecule has 0 radical (unpaired) electrons. The van der Waals surface area contributed by atoms with Crippen LogP contribution in [0.5, 0.6) is 0 Å². The van der Waals surface area contributed by atoms with E-state index in [2.05, 4.69) is 20.8 Å². The van der Waals surface area contributed by atoms with E-state index in [-0.39, 0.29) is 0 Å². The molecule has 0 nitrogen and oxygen atoms in total. The molecule has 0 amide bonds. The van der Waals surface area contributed by atoms with Crippen LogP contribution in [0.3, 0.4) is 0 Å². The van der Waals surface area contributed by atoms with E-state index in [1.165, 1.54) is 111 Å². The summed E-state index contributed by atoms with van der Waals surface area (Å²) >= 11 is 0. The Labute approximate surface area is 164 Å². The first-order valence-electron chi connectivity index (χ1n) is 11.8. The van der Waals surface area contributed by atoms with Gasteiger partial charge in [-0.15, -0.1) is 16.5 Å². The van der Waals surface area contributed by atoms with Crippen molar-refractivity contribution >= 4 is 16.5 Å². The third-order valence-electron chi connectivity index (χ3n) is 5.19. The summed E-state index contributed by atoms with van der Waals surface area (Å²) in [7, 11) is 1.62. The molecule has 0 aliphatic carbocycles. The Balaban J connectivity index is 3.76. The van der Waals surface area contributed by atoms with E-state index in [1.807, 2.05) is 0 Å². The van der Waals surface area contributed by atoms with Gasteiger partial charge in [0.25, 0.3) is 0 Å². The lowest BCUT2D eigenvalue weighted by molar-refractivity contribution is 0.621. The molecule has 0 heterocycles. The number of unbranched alkanes of at least 4 members (excludes halogenated alkanes) is 11. The summed E-state index contributed by atoms with van der Waals surface area (Å²) in [6, 6.07) is 0.